The van der Waals surface area contributed by atoms with E-state index in [0.29, 0.717) is 5.95 Å². The lowest BCUT2D eigenvalue weighted by Crippen LogP contribution is -2.47. The molecule has 0 unspecified atom stereocenters. The lowest BCUT2D eigenvalue weighted by molar-refractivity contribution is 0.381. The highest BCUT2D eigenvalue weighted by atomic mass is 79.9. The third-order valence-electron chi connectivity index (χ3n) is 6.49. The molecule has 0 spiro atoms. The van der Waals surface area contributed by atoms with Gasteiger partial charge in [0, 0.05) is 29.0 Å². The van der Waals surface area contributed by atoms with Crippen molar-refractivity contribution in [2.24, 2.45) is 0 Å². The van der Waals surface area contributed by atoms with Crippen LogP contribution in [0.5, 0.6) is 0 Å². The predicted molar refractivity (Wildman–Crippen MR) is 120 cm³/mol. The zero-order valence-corrected chi connectivity index (χ0v) is 18.9. The van der Waals surface area contributed by atoms with Crippen LogP contribution in [0.1, 0.15) is 37.8 Å². The van der Waals surface area contributed by atoms with E-state index in [-0.39, 0.29) is 5.54 Å². The summed E-state index contributed by atoms with van der Waals surface area (Å²) in [5.41, 5.74) is 1.78. The van der Waals surface area contributed by atoms with E-state index >= 15 is 0 Å². The highest BCUT2D eigenvalue weighted by molar-refractivity contribution is 9.10. The van der Waals surface area contributed by atoms with Crippen LogP contribution in [-0.2, 0) is 5.54 Å². The summed E-state index contributed by atoms with van der Waals surface area (Å²) in [6, 6.07) is 8.09. The van der Waals surface area contributed by atoms with E-state index in [1.807, 2.05) is 48.1 Å². The van der Waals surface area contributed by atoms with Gasteiger partial charge in [-0.05, 0) is 38.3 Å². The van der Waals surface area contributed by atoms with Gasteiger partial charge in [0.15, 0.2) is 11.6 Å². The van der Waals surface area contributed by atoms with Gasteiger partial charge >= 0.3 is 0 Å². The first-order valence-electron chi connectivity index (χ1n) is 10.5. The predicted octanol–water partition coefficient (Wildman–Crippen LogP) is 4.20. The molecule has 31 heavy (non-hydrogen) atoms. The van der Waals surface area contributed by atoms with E-state index in [1.54, 1.807) is 6.20 Å². The largest absolute Gasteiger partial charge is 0.342 e. The molecule has 6 rings (SSSR count). The normalized spacial score (nSPS) is 19.3. The number of anilines is 1. The van der Waals surface area contributed by atoms with Crippen molar-refractivity contribution in [1.82, 2.24) is 34.3 Å². The van der Waals surface area contributed by atoms with Crippen molar-refractivity contribution in [3.63, 3.8) is 0 Å². The summed E-state index contributed by atoms with van der Waals surface area (Å²) >= 11 is 3.55. The van der Waals surface area contributed by atoms with E-state index in [9.17, 15) is 0 Å². The summed E-state index contributed by atoms with van der Waals surface area (Å²) in [7, 11) is 0. The number of aromatic nitrogens is 7. The lowest BCUT2D eigenvalue weighted by atomic mass is 9.90. The molecule has 8 nitrogen and oxygen atoms in total. The average Bonchev–Trinajstić information content (AvgIpc) is 3.52. The van der Waals surface area contributed by atoms with Crippen LogP contribution in [0.15, 0.2) is 47.3 Å². The molecule has 1 fully saturated rings. The van der Waals surface area contributed by atoms with Crippen molar-refractivity contribution in [1.29, 1.82) is 0 Å². The molecule has 2 aliphatic heterocycles. The number of benzene rings is 1. The first kappa shape index (κ1) is 18.7. The number of nitrogens with zero attached hydrogens (tertiary/aromatic N) is 8. The van der Waals surface area contributed by atoms with Crippen LogP contribution in [0.4, 0.5) is 5.82 Å². The van der Waals surface area contributed by atoms with Crippen LogP contribution < -0.4 is 4.90 Å². The van der Waals surface area contributed by atoms with Crippen LogP contribution in [0.2, 0.25) is 0 Å². The number of aryl methyl sites for hydroxylation is 1. The molecule has 156 valence electrons. The maximum atomic E-state index is 5.07. The van der Waals surface area contributed by atoms with Crippen LogP contribution in [0, 0.1) is 6.92 Å². The molecule has 0 bridgehead atoms. The molecule has 5 heterocycles. The van der Waals surface area contributed by atoms with Gasteiger partial charge in [0.1, 0.15) is 22.9 Å². The van der Waals surface area contributed by atoms with Crippen molar-refractivity contribution in [3.05, 3.63) is 59.0 Å². The molecule has 2 aliphatic rings. The maximum absolute atomic E-state index is 5.07. The lowest BCUT2D eigenvalue weighted by Gasteiger charge is -2.42. The summed E-state index contributed by atoms with van der Waals surface area (Å²) in [6.45, 7) is 5.16. The van der Waals surface area contributed by atoms with Crippen LogP contribution >= 0.6 is 15.9 Å². The van der Waals surface area contributed by atoms with Gasteiger partial charge < -0.3 is 4.90 Å². The van der Waals surface area contributed by atoms with Gasteiger partial charge in [-0.3, -0.25) is 9.13 Å². The monoisotopic (exact) mass is 476 g/mol. The molecule has 0 amide bonds. The number of rotatable bonds is 3. The van der Waals surface area contributed by atoms with Gasteiger partial charge in [-0.2, -0.15) is 4.98 Å². The molecule has 1 atom stereocenters. The van der Waals surface area contributed by atoms with E-state index in [1.165, 1.54) is 0 Å². The number of hydrogen-bond acceptors (Lipinski definition) is 6. The number of imidazole rings is 1. The fraction of sp³-hybridized carbons (Fsp3) is 0.318. The second kappa shape index (κ2) is 6.71. The minimum absolute atomic E-state index is 0.165. The fourth-order valence-electron chi connectivity index (χ4n) is 5.03. The molecule has 0 aliphatic carbocycles. The Hall–Kier alpha value is -3.07. The summed E-state index contributed by atoms with van der Waals surface area (Å²) < 4.78 is 5.08. The van der Waals surface area contributed by atoms with E-state index in [2.05, 4.69) is 47.5 Å². The first-order chi connectivity index (χ1) is 15.1. The SMILES string of the molecule is CC[C@@]12CCCN1c1nc(-n3ccnc3-c3cccc(Br)c3)ncc1-n1c(C)nnc12. The molecule has 0 radical (unpaired) electrons. The van der Waals surface area contributed by atoms with Crippen molar-refractivity contribution in [3.8, 4) is 23.0 Å². The Labute approximate surface area is 188 Å². The molecular weight excluding hydrogens is 456 g/mol. The molecule has 0 N–H and O–H groups in total. The Kier molecular flexibility index (Phi) is 4.05. The Morgan fingerprint density at radius 2 is 2.10 bits per heavy atom. The van der Waals surface area contributed by atoms with Gasteiger partial charge in [-0.25, -0.2) is 9.97 Å². The van der Waals surface area contributed by atoms with Gasteiger partial charge in [0.25, 0.3) is 0 Å². The summed E-state index contributed by atoms with van der Waals surface area (Å²) in [5.74, 6) is 4.23. The van der Waals surface area contributed by atoms with Crippen molar-refractivity contribution >= 4 is 21.7 Å². The Morgan fingerprint density at radius 3 is 2.94 bits per heavy atom. The van der Waals surface area contributed by atoms with E-state index < -0.39 is 0 Å². The molecule has 0 saturated carbocycles. The molecule has 4 aromatic rings. The van der Waals surface area contributed by atoms with Crippen molar-refractivity contribution in [2.45, 2.75) is 38.6 Å². The van der Waals surface area contributed by atoms with Gasteiger partial charge in [-0.1, -0.05) is 35.0 Å². The van der Waals surface area contributed by atoms with Crippen LogP contribution in [0.25, 0.3) is 23.0 Å². The van der Waals surface area contributed by atoms with Gasteiger partial charge in [0.2, 0.25) is 5.95 Å². The zero-order chi connectivity index (χ0) is 21.2. The van der Waals surface area contributed by atoms with Gasteiger partial charge in [0.05, 0.1) is 6.20 Å². The summed E-state index contributed by atoms with van der Waals surface area (Å²) in [5, 5.41) is 8.97. The minimum Gasteiger partial charge on any atom is -0.342 e. The van der Waals surface area contributed by atoms with E-state index in [4.69, 9.17) is 9.97 Å². The topological polar surface area (TPSA) is 77.5 Å². The Morgan fingerprint density at radius 1 is 1.19 bits per heavy atom. The second-order valence-corrected chi connectivity index (χ2v) is 8.97. The van der Waals surface area contributed by atoms with Crippen LogP contribution in [-0.4, -0.2) is 40.8 Å². The zero-order valence-electron chi connectivity index (χ0n) is 17.3. The Bertz CT molecular complexity index is 1310. The fourth-order valence-corrected chi connectivity index (χ4v) is 5.43. The van der Waals surface area contributed by atoms with Crippen molar-refractivity contribution < 1.29 is 0 Å². The molecule has 3 aromatic heterocycles. The highest BCUT2D eigenvalue weighted by Gasteiger charge is 2.50. The molecular formula is C22H21BrN8. The van der Waals surface area contributed by atoms with Gasteiger partial charge in [-0.15, -0.1) is 10.2 Å². The Balaban J connectivity index is 1.54. The second-order valence-electron chi connectivity index (χ2n) is 8.06. The summed E-state index contributed by atoms with van der Waals surface area (Å²) in [6.07, 6.45) is 8.70. The number of hydrogen-bond donors (Lipinski definition) is 0. The summed E-state index contributed by atoms with van der Waals surface area (Å²) in [4.78, 5) is 16.8. The third-order valence-corrected chi connectivity index (χ3v) is 6.98. The standard InChI is InChI=1S/C22H21BrN8/c1-3-22-8-5-10-30(22)19-17(31-14(2)27-28-20(22)31)13-25-21(26-19)29-11-9-24-18(29)15-6-4-7-16(23)12-15/h4,6-7,9,11-13H,3,5,8,10H2,1-2H3/t22-/m0/s1. The number of fused-ring (bicyclic) bond motifs is 6. The molecule has 9 heteroatoms. The molecule has 1 saturated heterocycles. The minimum atomic E-state index is -0.165. The van der Waals surface area contributed by atoms with Crippen LogP contribution in [0.3, 0.4) is 0 Å². The average molecular weight is 477 g/mol. The smallest absolute Gasteiger partial charge is 0.237 e. The first-order valence-corrected chi connectivity index (χ1v) is 11.3. The third kappa shape index (κ3) is 2.56. The highest BCUT2D eigenvalue weighted by Crippen LogP contribution is 2.49. The van der Waals surface area contributed by atoms with E-state index in [0.717, 1.165) is 64.8 Å². The maximum Gasteiger partial charge on any atom is 0.237 e. The molecule has 1 aromatic carbocycles. The number of halogens is 1. The van der Waals surface area contributed by atoms with Crippen molar-refractivity contribution in [2.75, 3.05) is 11.4 Å². The quantitative estimate of drug-likeness (QED) is 0.440.